The first-order chi connectivity index (χ1) is 14.5. The lowest BCUT2D eigenvalue weighted by Crippen LogP contribution is -2.16. The maximum Gasteiger partial charge on any atom is 0.308 e. The topological polar surface area (TPSA) is 35.5 Å². The zero-order valence-electron chi connectivity index (χ0n) is 18.3. The molecule has 0 aliphatic heterocycles. The van der Waals surface area contributed by atoms with Crippen molar-refractivity contribution in [3.8, 4) is 16.9 Å². The minimum absolute atomic E-state index is 0.149. The summed E-state index contributed by atoms with van der Waals surface area (Å²) in [5.41, 5.74) is 7.30. The van der Waals surface area contributed by atoms with Crippen LogP contribution in [0.15, 0.2) is 66.7 Å². The lowest BCUT2D eigenvalue weighted by Gasteiger charge is -2.13. The highest BCUT2D eigenvalue weighted by atomic mass is 16.5. The van der Waals surface area contributed by atoms with E-state index in [0.29, 0.717) is 19.6 Å². The predicted molar refractivity (Wildman–Crippen MR) is 122 cm³/mol. The van der Waals surface area contributed by atoms with Gasteiger partial charge in [0, 0.05) is 0 Å². The zero-order valence-corrected chi connectivity index (χ0v) is 18.3. The SMILES string of the molecule is CCOC(=O)C(C)Cc1ccc(OCc2cccc(-c3c(C)cccc3C)c2)cc1. The lowest BCUT2D eigenvalue weighted by molar-refractivity contribution is -0.147. The summed E-state index contributed by atoms with van der Waals surface area (Å²) in [5, 5.41) is 0. The van der Waals surface area contributed by atoms with E-state index in [1.165, 1.54) is 22.3 Å². The van der Waals surface area contributed by atoms with Crippen LogP contribution in [0.25, 0.3) is 11.1 Å². The molecule has 0 amide bonds. The number of hydrogen-bond acceptors (Lipinski definition) is 3. The molecule has 3 aromatic carbocycles. The van der Waals surface area contributed by atoms with Crippen LogP contribution in [-0.4, -0.2) is 12.6 Å². The Morgan fingerprint density at radius 3 is 2.23 bits per heavy atom. The molecule has 0 saturated carbocycles. The molecule has 0 N–H and O–H groups in total. The van der Waals surface area contributed by atoms with Gasteiger partial charge in [-0.25, -0.2) is 0 Å². The van der Waals surface area contributed by atoms with Gasteiger partial charge in [-0.05, 0) is 78.8 Å². The summed E-state index contributed by atoms with van der Waals surface area (Å²) in [6.45, 7) is 8.95. The van der Waals surface area contributed by atoms with Gasteiger partial charge in [-0.2, -0.15) is 0 Å². The van der Waals surface area contributed by atoms with Crippen molar-refractivity contribution in [1.82, 2.24) is 0 Å². The summed E-state index contributed by atoms with van der Waals surface area (Å²) in [5.74, 6) is 0.519. The van der Waals surface area contributed by atoms with E-state index in [-0.39, 0.29) is 11.9 Å². The smallest absolute Gasteiger partial charge is 0.308 e. The Hall–Kier alpha value is -3.07. The quantitative estimate of drug-likeness (QED) is 0.415. The predicted octanol–water partition coefficient (Wildman–Crippen LogP) is 6.29. The highest BCUT2D eigenvalue weighted by Gasteiger charge is 2.14. The molecule has 0 aliphatic carbocycles. The molecule has 1 unspecified atom stereocenters. The first-order valence-electron chi connectivity index (χ1n) is 10.5. The van der Waals surface area contributed by atoms with Crippen LogP contribution in [0.3, 0.4) is 0 Å². The molecule has 0 fully saturated rings. The maximum absolute atomic E-state index is 11.8. The third-order valence-corrected chi connectivity index (χ3v) is 5.26. The molecule has 0 bridgehead atoms. The Balaban J connectivity index is 1.63. The summed E-state index contributed by atoms with van der Waals surface area (Å²) in [7, 11) is 0. The van der Waals surface area contributed by atoms with Crippen molar-refractivity contribution >= 4 is 5.97 Å². The molecule has 1 atom stereocenters. The van der Waals surface area contributed by atoms with Gasteiger partial charge in [0.25, 0.3) is 0 Å². The number of benzene rings is 3. The second kappa shape index (κ2) is 10.1. The van der Waals surface area contributed by atoms with Gasteiger partial charge >= 0.3 is 5.97 Å². The molecule has 0 spiro atoms. The number of rotatable bonds is 8. The van der Waals surface area contributed by atoms with Crippen LogP contribution in [0, 0.1) is 19.8 Å². The van der Waals surface area contributed by atoms with Gasteiger partial charge in [0.05, 0.1) is 12.5 Å². The van der Waals surface area contributed by atoms with Gasteiger partial charge in [0.15, 0.2) is 0 Å². The molecule has 0 aromatic heterocycles. The summed E-state index contributed by atoms with van der Waals surface area (Å²) in [4.78, 5) is 11.8. The van der Waals surface area contributed by atoms with E-state index in [4.69, 9.17) is 9.47 Å². The molecular formula is C27H30O3. The number of carbonyl (C=O) groups excluding carboxylic acids is 1. The van der Waals surface area contributed by atoms with Crippen LogP contribution >= 0.6 is 0 Å². The number of esters is 1. The molecule has 0 aliphatic rings. The van der Waals surface area contributed by atoms with Gasteiger partial charge in [-0.1, -0.05) is 55.5 Å². The van der Waals surface area contributed by atoms with Crippen molar-refractivity contribution in [2.45, 2.75) is 40.7 Å². The molecule has 156 valence electrons. The second-order valence-corrected chi connectivity index (χ2v) is 7.76. The van der Waals surface area contributed by atoms with Crippen molar-refractivity contribution < 1.29 is 14.3 Å². The van der Waals surface area contributed by atoms with Crippen LogP contribution < -0.4 is 4.74 Å². The van der Waals surface area contributed by atoms with Gasteiger partial charge < -0.3 is 9.47 Å². The van der Waals surface area contributed by atoms with E-state index in [0.717, 1.165) is 16.9 Å². The lowest BCUT2D eigenvalue weighted by atomic mass is 9.95. The van der Waals surface area contributed by atoms with Crippen molar-refractivity contribution in [3.05, 3.63) is 89.0 Å². The molecule has 3 aromatic rings. The summed E-state index contributed by atoms with van der Waals surface area (Å²) < 4.78 is 11.1. The van der Waals surface area contributed by atoms with Crippen LogP contribution in [0.1, 0.15) is 36.1 Å². The van der Waals surface area contributed by atoms with E-state index < -0.39 is 0 Å². The van der Waals surface area contributed by atoms with Gasteiger partial charge in [-0.3, -0.25) is 4.79 Å². The number of hydrogen-bond donors (Lipinski definition) is 0. The van der Waals surface area contributed by atoms with Gasteiger partial charge in [-0.15, -0.1) is 0 Å². The molecule has 30 heavy (non-hydrogen) atoms. The normalized spacial score (nSPS) is 11.7. The van der Waals surface area contributed by atoms with Crippen molar-refractivity contribution in [2.75, 3.05) is 6.61 Å². The Morgan fingerprint density at radius 1 is 0.900 bits per heavy atom. The molecule has 3 nitrogen and oxygen atoms in total. The van der Waals surface area contributed by atoms with Crippen molar-refractivity contribution in [1.29, 1.82) is 0 Å². The first kappa shape index (κ1) is 21.6. The Kier molecular flexibility index (Phi) is 7.29. The van der Waals surface area contributed by atoms with Crippen LogP contribution in [0.2, 0.25) is 0 Å². The number of carbonyl (C=O) groups is 1. The minimum Gasteiger partial charge on any atom is -0.489 e. The standard InChI is InChI=1S/C27H30O3/c1-5-29-27(28)21(4)16-22-12-14-25(15-13-22)30-18-23-10-7-11-24(17-23)26-19(2)8-6-9-20(26)3/h6-15,17,21H,5,16,18H2,1-4H3. The molecular weight excluding hydrogens is 372 g/mol. The van der Waals surface area contributed by atoms with E-state index in [2.05, 4.69) is 56.3 Å². The molecule has 3 rings (SSSR count). The fourth-order valence-corrected chi connectivity index (χ4v) is 3.70. The Labute approximate surface area is 179 Å². The molecule has 0 saturated heterocycles. The molecule has 3 heteroatoms. The minimum atomic E-state index is -0.151. The summed E-state index contributed by atoms with van der Waals surface area (Å²) in [6.07, 6.45) is 0.664. The van der Waals surface area contributed by atoms with E-state index in [1.807, 2.05) is 38.1 Å². The van der Waals surface area contributed by atoms with E-state index in [1.54, 1.807) is 0 Å². The highest BCUT2D eigenvalue weighted by Crippen LogP contribution is 2.28. The fraction of sp³-hybridized carbons (Fsp3) is 0.296. The van der Waals surface area contributed by atoms with Crippen LogP contribution in [0.4, 0.5) is 0 Å². The highest BCUT2D eigenvalue weighted by molar-refractivity contribution is 5.72. The Morgan fingerprint density at radius 2 is 1.57 bits per heavy atom. The Bertz CT molecular complexity index is 969. The zero-order chi connectivity index (χ0) is 21.5. The third-order valence-electron chi connectivity index (χ3n) is 5.26. The van der Waals surface area contributed by atoms with Gasteiger partial charge in [0.2, 0.25) is 0 Å². The first-order valence-corrected chi connectivity index (χ1v) is 10.5. The van der Waals surface area contributed by atoms with Crippen LogP contribution in [0.5, 0.6) is 5.75 Å². The van der Waals surface area contributed by atoms with Gasteiger partial charge in [0.1, 0.15) is 12.4 Å². The number of aryl methyl sites for hydroxylation is 2. The van der Waals surface area contributed by atoms with Crippen molar-refractivity contribution in [2.24, 2.45) is 5.92 Å². The molecule has 0 radical (unpaired) electrons. The third kappa shape index (κ3) is 5.50. The summed E-state index contributed by atoms with van der Waals surface area (Å²) in [6, 6.07) is 22.9. The fourth-order valence-electron chi connectivity index (χ4n) is 3.70. The number of ether oxygens (including phenoxy) is 2. The van der Waals surface area contributed by atoms with Crippen molar-refractivity contribution in [3.63, 3.8) is 0 Å². The second-order valence-electron chi connectivity index (χ2n) is 7.76. The van der Waals surface area contributed by atoms with E-state index >= 15 is 0 Å². The average Bonchev–Trinajstić information content (AvgIpc) is 2.73. The van der Waals surface area contributed by atoms with E-state index in [9.17, 15) is 4.79 Å². The summed E-state index contributed by atoms with van der Waals surface area (Å²) >= 11 is 0. The molecule has 0 heterocycles. The van der Waals surface area contributed by atoms with Crippen LogP contribution in [-0.2, 0) is 22.6 Å². The average molecular weight is 403 g/mol. The maximum atomic E-state index is 11.8. The largest absolute Gasteiger partial charge is 0.489 e. The monoisotopic (exact) mass is 402 g/mol.